The summed E-state index contributed by atoms with van der Waals surface area (Å²) in [6, 6.07) is 0. The molecular weight excluding hydrogens is 162 g/mol. The molecule has 0 spiro atoms. The highest BCUT2D eigenvalue weighted by Crippen LogP contribution is 2.23. The van der Waals surface area contributed by atoms with E-state index in [2.05, 4.69) is 24.2 Å². The van der Waals surface area contributed by atoms with Gasteiger partial charge in [-0.15, -0.1) is 23.1 Å². The molecule has 0 aliphatic rings. The minimum absolute atomic E-state index is 0.696. The fourth-order valence-electron chi connectivity index (χ4n) is 0.549. The lowest BCUT2D eigenvalue weighted by molar-refractivity contribution is 0.902. The Bertz CT molecular complexity index is 172. The first-order valence-electron chi connectivity index (χ1n) is 3.37. The predicted molar refractivity (Wildman–Crippen MR) is 47.7 cm³/mol. The van der Waals surface area contributed by atoms with Gasteiger partial charge >= 0.3 is 0 Å². The van der Waals surface area contributed by atoms with E-state index in [4.69, 9.17) is 0 Å². The molecular formula is C7H11NS2. The highest BCUT2D eigenvalue weighted by molar-refractivity contribution is 7.99. The van der Waals surface area contributed by atoms with Crippen LogP contribution in [0.4, 0.5) is 0 Å². The third kappa shape index (κ3) is 2.31. The van der Waals surface area contributed by atoms with Crippen LogP contribution in [0.2, 0.25) is 0 Å². The molecule has 0 fully saturated rings. The van der Waals surface area contributed by atoms with Gasteiger partial charge in [-0.2, -0.15) is 0 Å². The molecule has 0 amide bonds. The monoisotopic (exact) mass is 173 g/mol. The summed E-state index contributed by atoms with van der Waals surface area (Å²) in [7, 11) is 0. The largest absolute Gasteiger partial charge is 0.238 e. The fraction of sp³-hybridized carbons (Fsp3) is 0.571. The molecule has 1 aromatic heterocycles. The third-order valence-electron chi connectivity index (χ3n) is 1.31. The molecule has 0 aromatic carbocycles. The Labute approximate surface area is 69.9 Å². The number of hydrogen-bond acceptors (Lipinski definition) is 3. The smallest absolute Gasteiger partial charge is 0.107 e. The van der Waals surface area contributed by atoms with Gasteiger partial charge in [0, 0.05) is 10.6 Å². The molecule has 3 heteroatoms. The Morgan fingerprint density at radius 3 is 3.10 bits per heavy atom. The number of thiazole rings is 1. The van der Waals surface area contributed by atoms with E-state index in [1.54, 1.807) is 11.3 Å². The van der Waals surface area contributed by atoms with Crippen LogP contribution in [0, 0.1) is 0 Å². The third-order valence-corrected chi connectivity index (χ3v) is 3.24. The van der Waals surface area contributed by atoms with Crippen LogP contribution in [0.25, 0.3) is 0 Å². The second kappa shape index (κ2) is 3.98. The van der Waals surface area contributed by atoms with Gasteiger partial charge < -0.3 is 0 Å². The Kier molecular flexibility index (Phi) is 3.22. The lowest BCUT2D eigenvalue weighted by atomic mass is 10.4. The first-order chi connectivity index (χ1) is 4.83. The van der Waals surface area contributed by atoms with Crippen LogP contribution >= 0.6 is 23.1 Å². The molecule has 0 bridgehead atoms. The van der Waals surface area contributed by atoms with Crippen molar-refractivity contribution in [3.8, 4) is 0 Å². The van der Waals surface area contributed by atoms with E-state index >= 15 is 0 Å². The summed E-state index contributed by atoms with van der Waals surface area (Å²) in [6.07, 6.45) is 1.21. The van der Waals surface area contributed by atoms with Gasteiger partial charge in [0.1, 0.15) is 5.03 Å². The van der Waals surface area contributed by atoms with E-state index < -0.39 is 0 Å². The number of aromatic nitrogens is 1. The summed E-state index contributed by atoms with van der Waals surface area (Å²) in [5, 5.41) is 3.96. The minimum Gasteiger partial charge on any atom is -0.238 e. The lowest BCUT2D eigenvalue weighted by Crippen LogP contribution is -1.90. The zero-order valence-electron chi connectivity index (χ0n) is 6.20. The number of rotatable bonds is 3. The van der Waals surface area contributed by atoms with Crippen LogP contribution in [-0.4, -0.2) is 10.2 Å². The van der Waals surface area contributed by atoms with Crippen molar-refractivity contribution in [3.63, 3.8) is 0 Å². The molecule has 1 atom stereocenters. The van der Waals surface area contributed by atoms with Crippen molar-refractivity contribution in [2.75, 3.05) is 0 Å². The van der Waals surface area contributed by atoms with E-state index in [1.165, 1.54) is 11.4 Å². The standard InChI is InChI=1S/C7H11NS2/c1-3-6(2)10-7-4-9-5-8-7/h4-6H,3H2,1-2H3. The second-order valence-corrected chi connectivity index (χ2v) is 4.34. The van der Waals surface area contributed by atoms with Crippen LogP contribution in [0.1, 0.15) is 20.3 Å². The average Bonchev–Trinajstić information content (AvgIpc) is 2.40. The van der Waals surface area contributed by atoms with Gasteiger partial charge in [0.25, 0.3) is 0 Å². The molecule has 1 nitrogen and oxygen atoms in total. The zero-order valence-corrected chi connectivity index (χ0v) is 7.84. The summed E-state index contributed by atoms with van der Waals surface area (Å²) in [4.78, 5) is 4.19. The molecule has 1 unspecified atom stereocenters. The highest BCUT2D eigenvalue weighted by Gasteiger charge is 2.01. The molecule has 1 rings (SSSR count). The van der Waals surface area contributed by atoms with Gasteiger partial charge in [-0.3, -0.25) is 0 Å². The van der Waals surface area contributed by atoms with E-state index in [-0.39, 0.29) is 0 Å². The summed E-state index contributed by atoms with van der Waals surface area (Å²) < 4.78 is 0. The van der Waals surface area contributed by atoms with E-state index in [0.29, 0.717) is 5.25 Å². The Balaban J connectivity index is 2.40. The topological polar surface area (TPSA) is 12.9 Å². The molecule has 1 heterocycles. The molecule has 0 saturated carbocycles. The van der Waals surface area contributed by atoms with Gasteiger partial charge in [-0.1, -0.05) is 13.8 Å². The summed E-state index contributed by atoms with van der Waals surface area (Å²) >= 11 is 3.51. The number of nitrogens with zero attached hydrogens (tertiary/aromatic N) is 1. The van der Waals surface area contributed by atoms with Crippen LogP contribution in [0.15, 0.2) is 15.9 Å². The minimum atomic E-state index is 0.696. The molecule has 0 aliphatic carbocycles. The first-order valence-corrected chi connectivity index (χ1v) is 5.20. The van der Waals surface area contributed by atoms with Gasteiger partial charge in [0.2, 0.25) is 0 Å². The Morgan fingerprint density at radius 1 is 1.80 bits per heavy atom. The van der Waals surface area contributed by atoms with Crippen LogP contribution in [0.3, 0.4) is 0 Å². The van der Waals surface area contributed by atoms with E-state index in [1.807, 2.05) is 17.3 Å². The molecule has 0 aliphatic heterocycles. The normalized spacial score (nSPS) is 13.4. The van der Waals surface area contributed by atoms with Crippen molar-refractivity contribution in [1.29, 1.82) is 0 Å². The summed E-state index contributed by atoms with van der Waals surface area (Å²) in [5.41, 5.74) is 1.88. The fourth-order valence-corrected chi connectivity index (χ4v) is 2.11. The van der Waals surface area contributed by atoms with Crippen molar-refractivity contribution in [3.05, 3.63) is 10.9 Å². The summed E-state index contributed by atoms with van der Waals surface area (Å²) in [5.74, 6) is 0. The lowest BCUT2D eigenvalue weighted by Gasteiger charge is -2.03. The van der Waals surface area contributed by atoms with Gasteiger partial charge in [0.05, 0.1) is 5.51 Å². The van der Waals surface area contributed by atoms with Crippen molar-refractivity contribution < 1.29 is 0 Å². The number of hydrogen-bond donors (Lipinski definition) is 0. The molecule has 0 N–H and O–H groups in total. The van der Waals surface area contributed by atoms with Crippen LogP contribution in [0.5, 0.6) is 0 Å². The predicted octanol–water partition coefficient (Wildman–Crippen LogP) is 3.03. The van der Waals surface area contributed by atoms with Gasteiger partial charge in [-0.25, -0.2) is 4.98 Å². The van der Waals surface area contributed by atoms with E-state index in [0.717, 1.165) is 0 Å². The molecule has 0 saturated heterocycles. The molecule has 0 radical (unpaired) electrons. The SMILES string of the molecule is CCC(C)Sc1cscn1. The summed E-state index contributed by atoms with van der Waals surface area (Å²) in [6.45, 7) is 4.42. The highest BCUT2D eigenvalue weighted by atomic mass is 32.2. The Morgan fingerprint density at radius 2 is 2.60 bits per heavy atom. The van der Waals surface area contributed by atoms with Crippen LogP contribution in [-0.2, 0) is 0 Å². The average molecular weight is 173 g/mol. The van der Waals surface area contributed by atoms with E-state index in [9.17, 15) is 0 Å². The van der Waals surface area contributed by atoms with Gasteiger partial charge in [-0.05, 0) is 6.42 Å². The van der Waals surface area contributed by atoms with Crippen LogP contribution < -0.4 is 0 Å². The molecule has 10 heavy (non-hydrogen) atoms. The van der Waals surface area contributed by atoms with Gasteiger partial charge in [0.15, 0.2) is 0 Å². The van der Waals surface area contributed by atoms with Crippen molar-refractivity contribution >= 4 is 23.1 Å². The maximum atomic E-state index is 4.19. The quantitative estimate of drug-likeness (QED) is 0.652. The molecule has 1 aromatic rings. The maximum absolute atomic E-state index is 4.19. The second-order valence-electron chi connectivity index (χ2n) is 2.16. The number of thioether (sulfide) groups is 1. The zero-order chi connectivity index (χ0) is 7.40. The first kappa shape index (κ1) is 8.08. The Hall–Kier alpha value is -0.0200. The van der Waals surface area contributed by atoms with Crippen molar-refractivity contribution in [2.45, 2.75) is 30.5 Å². The maximum Gasteiger partial charge on any atom is 0.107 e. The van der Waals surface area contributed by atoms with Crippen molar-refractivity contribution in [2.24, 2.45) is 0 Å². The molecule has 56 valence electrons. The van der Waals surface area contributed by atoms with Crippen molar-refractivity contribution in [1.82, 2.24) is 4.98 Å².